The van der Waals surface area contributed by atoms with Crippen LogP contribution in [0.25, 0.3) is 10.8 Å². The maximum Gasteiger partial charge on any atom is 0.0849 e. The number of rotatable bonds is 4. The summed E-state index contributed by atoms with van der Waals surface area (Å²) in [7, 11) is 0. The highest BCUT2D eigenvalue weighted by molar-refractivity contribution is 5.93. The van der Waals surface area contributed by atoms with Crippen LogP contribution in [0.1, 0.15) is 23.6 Å². The number of aryl methyl sites for hydroxylation is 2. The fraction of sp³-hybridized carbons (Fsp3) is 0.375. The molecule has 0 spiro atoms. The first-order valence-corrected chi connectivity index (χ1v) is 6.64. The van der Waals surface area contributed by atoms with Gasteiger partial charge in [-0.2, -0.15) is 5.11 Å². The second-order valence-corrected chi connectivity index (χ2v) is 5.21. The van der Waals surface area contributed by atoms with Gasteiger partial charge in [0.1, 0.15) is 0 Å². The number of nitrogens with one attached hydrogen (secondary N) is 2. The number of benzene rings is 2. The molecule has 19 heavy (non-hydrogen) atoms. The molecule has 0 aliphatic carbocycles. The van der Waals surface area contributed by atoms with Crippen LogP contribution in [-0.2, 0) is 0 Å². The molecule has 100 valence electrons. The minimum Gasteiger partial charge on any atom is -0.383 e. The van der Waals surface area contributed by atoms with Crippen LogP contribution in [0.2, 0.25) is 0 Å². The lowest BCUT2D eigenvalue weighted by Crippen LogP contribution is -2.14. The Balaban J connectivity index is 2.46. The summed E-state index contributed by atoms with van der Waals surface area (Å²) in [5.41, 5.74) is 12.1. The summed E-state index contributed by atoms with van der Waals surface area (Å²) in [5, 5.41) is 9.54. The average Bonchev–Trinajstić information content (AvgIpc) is 2.40. The van der Waals surface area contributed by atoms with E-state index in [1.807, 2.05) is 6.92 Å². The highest BCUT2D eigenvalue weighted by atomic mass is 15.0. The highest BCUT2D eigenvalue weighted by Crippen LogP contribution is 2.30. The number of fused-ring (bicyclic) bond motifs is 1. The molecule has 3 heteroatoms. The number of anilines is 1. The van der Waals surface area contributed by atoms with Crippen LogP contribution in [0, 0.1) is 26.3 Å². The molecular weight excluding hydrogens is 234 g/mol. The Morgan fingerprint density at radius 3 is 2.63 bits per heavy atom. The van der Waals surface area contributed by atoms with Crippen molar-refractivity contribution in [1.29, 1.82) is 5.53 Å². The second-order valence-electron chi connectivity index (χ2n) is 5.21. The third kappa shape index (κ3) is 2.60. The van der Waals surface area contributed by atoms with Gasteiger partial charge in [-0.3, -0.25) is 0 Å². The van der Waals surface area contributed by atoms with E-state index in [4.69, 9.17) is 5.53 Å². The number of hydrogen-bond acceptors (Lipinski definition) is 3. The molecule has 0 aliphatic heterocycles. The minimum atomic E-state index is 0.00733. The van der Waals surface area contributed by atoms with Gasteiger partial charge in [-0.15, -0.1) is 0 Å². The third-order valence-corrected chi connectivity index (χ3v) is 3.75. The van der Waals surface area contributed by atoms with Crippen molar-refractivity contribution in [3.63, 3.8) is 0 Å². The molecule has 0 saturated heterocycles. The summed E-state index contributed by atoms with van der Waals surface area (Å²) in [6.07, 6.45) is 0. The van der Waals surface area contributed by atoms with Gasteiger partial charge in [0, 0.05) is 12.2 Å². The zero-order valence-corrected chi connectivity index (χ0v) is 12.0. The van der Waals surface area contributed by atoms with Crippen LogP contribution in [0.5, 0.6) is 0 Å². The molecule has 1 atom stereocenters. The van der Waals surface area contributed by atoms with Gasteiger partial charge in [0.2, 0.25) is 0 Å². The molecule has 2 aromatic carbocycles. The van der Waals surface area contributed by atoms with Crippen LogP contribution in [0.15, 0.2) is 29.4 Å². The second kappa shape index (κ2) is 5.39. The highest BCUT2D eigenvalue weighted by Gasteiger charge is 2.09. The Bertz CT molecular complexity index is 617. The van der Waals surface area contributed by atoms with Crippen molar-refractivity contribution >= 4 is 16.5 Å². The van der Waals surface area contributed by atoms with Crippen molar-refractivity contribution < 1.29 is 0 Å². The van der Waals surface area contributed by atoms with Gasteiger partial charge in [-0.1, -0.05) is 18.2 Å². The van der Waals surface area contributed by atoms with Crippen molar-refractivity contribution in [3.05, 3.63) is 41.0 Å². The summed E-state index contributed by atoms with van der Waals surface area (Å²) >= 11 is 0. The lowest BCUT2D eigenvalue weighted by Gasteiger charge is -2.16. The first-order valence-electron chi connectivity index (χ1n) is 6.64. The van der Waals surface area contributed by atoms with Gasteiger partial charge in [-0.05, 0) is 61.2 Å². The predicted molar refractivity (Wildman–Crippen MR) is 81.3 cm³/mol. The van der Waals surface area contributed by atoms with E-state index in [0.717, 1.165) is 5.69 Å². The molecule has 0 radical (unpaired) electrons. The minimum absolute atomic E-state index is 0.00733. The van der Waals surface area contributed by atoms with E-state index in [1.165, 1.54) is 27.5 Å². The van der Waals surface area contributed by atoms with Crippen molar-refractivity contribution in [1.82, 2.24) is 0 Å². The lowest BCUT2D eigenvalue weighted by atomic mass is 9.95. The summed E-state index contributed by atoms with van der Waals surface area (Å²) in [4.78, 5) is 0. The largest absolute Gasteiger partial charge is 0.383 e. The normalized spacial score (nSPS) is 12.4. The first-order chi connectivity index (χ1) is 9.04. The van der Waals surface area contributed by atoms with Gasteiger partial charge in [0.05, 0.1) is 6.04 Å². The molecule has 0 fully saturated rings. The van der Waals surface area contributed by atoms with E-state index < -0.39 is 0 Å². The Labute approximate surface area is 114 Å². The van der Waals surface area contributed by atoms with Crippen molar-refractivity contribution in [2.75, 3.05) is 11.9 Å². The lowest BCUT2D eigenvalue weighted by molar-refractivity contribution is 0.711. The van der Waals surface area contributed by atoms with E-state index in [9.17, 15) is 0 Å². The van der Waals surface area contributed by atoms with Gasteiger partial charge in [-0.25, -0.2) is 5.53 Å². The first kappa shape index (κ1) is 13.5. The van der Waals surface area contributed by atoms with Crippen molar-refractivity contribution in [3.8, 4) is 0 Å². The molecule has 3 nitrogen and oxygen atoms in total. The third-order valence-electron chi connectivity index (χ3n) is 3.75. The maximum absolute atomic E-state index is 7.01. The molecule has 0 heterocycles. The van der Waals surface area contributed by atoms with Crippen LogP contribution < -0.4 is 5.32 Å². The molecule has 1 unspecified atom stereocenters. The maximum atomic E-state index is 7.01. The monoisotopic (exact) mass is 255 g/mol. The summed E-state index contributed by atoms with van der Waals surface area (Å²) in [6, 6.07) is 8.61. The van der Waals surface area contributed by atoms with Crippen LogP contribution >= 0.6 is 0 Å². The molecule has 2 rings (SSSR count). The topological polar surface area (TPSA) is 48.2 Å². The Hall–Kier alpha value is -1.90. The molecule has 0 saturated carbocycles. The van der Waals surface area contributed by atoms with E-state index in [2.05, 4.69) is 55.5 Å². The van der Waals surface area contributed by atoms with Crippen molar-refractivity contribution in [2.45, 2.75) is 33.7 Å². The summed E-state index contributed by atoms with van der Waals surface area (Å²) in [6.45, 7) is 9.11. The van der Waals surface area contributed by atoms with Crippen molar-refractivity contribution in [2.24, 2.45) is 5.11 Å². The Morgan fingerprint density at radius 1 is 1.21 bits per heavy atom. The molecular formula is C16H21N3. The van der Waals surface area contributed by atoms with Gasteiger partial charge < -0.3 is 5.32 Å². The summed E-state index contributed by atoms with van der Waals surface area (Å²) in [5.74, 6) is 0. The zero-order chi connectivity index (χ0) is 14.0. The SMILES string of the molecule is Cc1c(NCC(C)N=N)cc2cccc(C)c2c1C. The zero-order valence-electron chi connectivity index (χ0n) is 12.0. The van der Waals surface area contributed by atoms with Crippen LogP contribution in [0.3, 0.4) is 0 Å². The number of hydrogen-bond donors (Lipinski definition) is 2. The fourth-order valence-corrected chi connectivity index (χ4v) is 2.46. The van der Waals surface area contributed by atoms with Gasteiger partial charge in [0.25, 0.3) is 0 Å². The predicted octanol–water partition coefficient (Wildman–Crippen LogP) is 4.60. The van der Waals surface area contributed by atoms with Crippen LogP contribution in [0.4, 0.5) is 5.69 Å². The van der Waals surface area contributed by atoms with Gasteiger partial charge >= 0.3 is 0 Å². The average molecular weight is 255 g/mol. The van der Waals surface area contributed by atoms with E-state index in [1.54, 1.807) is 0 Å². The molecule has 0 amide bonds. The number of nitrogens with zero attached hydrogens (tertiary/aromatic N) is 1. The molecule has 0 aromatic heterocycles. The van der Waals surface area contributed by atoms with E-state index >= 15 is 0 Å². The quantitative estimate of drug-likeness (QED) is 0.771. The fourth-order valence-electron chi connectivity index (χ4n) is 2.46. The molecule has 0 bridgehead atoms. The van der Waals surface area contributed by atoms with E-state index in [-0.39, 0.29) is 6.04 Å². The Morgan fingerprint density at radius 2 is 1.95 bits per heavy atom. The standard InChI is InChI=1S/C16H21N3/c1-10-6-5-7-14-8-15(18-9-11(2)19-17)12(3)13(4)16(10)14/h5-8,11,17-18H,9H2,1-4H3. The van der Waals surface area contributed by atoms with Gasteiger partial charge in [0.15, 0.2) is 0 Å². The summed E-state index contributed by atoms with van der Waals surface area (Å²) < 4.78 is 0. The molecule has 2 aromatic rings. The van der Waals surface area contributed by atoms with E-state index in [0.29, 0.717) is 6.54 Å². The Kier molecular flexibility index (Phi) is 3.84. The van der Waals surface area contributed by atoms with Crippen LogP contribution in [-0.4, -0.2) is 12.6 Å². The molecule has 0 aliphatic rings. The smallest absolute Gasteiger partial charge is 0.0849 e. The molecule has 2 N–H and O–H groups in total.